The second-order valence-electron chi connectivity index (χ2n) is 4.05. The first-order valence-electron chi connectivity index (χ1n) is 5.54. The predicted molar refractivity (Wildman–Crippen MR) is 72.2 cm³/mol. The van der Waals surface area contributed by atoms with E-state index in [0.717, 1.165) is 0 Å². The third-order valence-electron chi connectivity index (χ3n) is 2.66. The molecule has 0 heterocycles. The van der Waals surface area contributed by atoms with Crippen LogP contribution in [0.25, 0.3) is 0 Å². The number of hydrogen-bond donors (Lipinski definition) is 2. The lowest BCUT2D eigenvalue weighted by Crippen LogP contribution is -2.14. The Bertz CT molecular complexity index is 623. The molecule has 2 aromatic rings. The van der Waals surface area contributed by atoms with Gasteiger partial charge < -0.3 is 10.4 Å². The van der Waals surface area contributed by atoms with Crippen molar-refractivity contribution in [2.24, 2.45) is 0 Å². The molecule has 0 radical (unpaired) electrons. The smallest absolute Gasteiger partial charge is 0.259 e. The van der Waals surface area contributed by atoms with Gasteiger partial charge in [0.2, 0.25) is 0 Å². The van der Waals surface area contributed by atoms with Gasteiger partial charge in [-0.15, -0.1) is 0 Å². The lowest BCUT2D eigenvalue weighted by molar-refractivity contribution is 0.102. The molecule has 0 unspecified atom stereocenters. The summed E-state index contributed by atoms with van der Waals surface area (Å²) in [6.07, 6.45) is 0. The van der Waals surface area contributed by atoms with Gasteiger partial charge in [0.15, 0.2) is 0 Å². The minimum Gasteiger partial charge on any atom is -0.507 e. The van der Waals surface area contributed by atoms with E-state index in [1.807, 2.05) is 0 Å². The number of nitrogens with one attached hydrogen (secondary N) is 1. The highest BCUT2D eigenvalue weighted by atomic mass is 35.5. The van der Waals surface area contributed by atoms with Crippen LogP contribution in [0.1, 0.15) is 15.9 Å². The molecule has 0 aliphatic carbocycles. The number of carbonyl (C=O) groups excluding carboxylic acids is 1. The Kier molecular flexibility index (Phi) is 3.71. The molecule has 0 aliphatic heterocycles. The Labute approximate surface area is 114 Å². The lowest BCUT2D eigenvalue weighted by atomic mass is 10.1. The van der Waals surface area contributed by atoms with Crippen LogP contribution in [-0.2, 0) is 0 Å². The minimum atomic E-state index is -0.617. The number of amides is 1. The SMILES string of the molecule is Cc1cccc(F)c1NC(=O)c1cc(Cl)ccc1O. The van der Waals surface area contributed by atoms with E-state index in [1.165, 1.54) is 24.3 Å². The number of rotatable bonds is 2. The van der Waals surface area contributed by atoms with E-state index in [-0.39, 0.29) is 17.0 Å². The zero-order valence-corrected chi connectivity index (χ0v) is 10.8. The van der Waals surface area contributed by atoms with Crippen LogP contribution in [0.15, 0.2) is 36.4 Å². The Morgan fingerprint density at radius 2 is 2.05 bits per heavy atom. The van der Waals surface area contributed by atoms with Gasteiger partial charge in [-0.25, -0.2) is 4.39 Å². The molecule has 19 heavy (non-hydrogen) atoms. The third-order valence-corrected chi connectivity index (χ3v) is 2.90. The molecule has 3 nitrogen and oxygen atoms in total. The largest absolute Gasteiger partial charge is 0.507 e. The number of benzene rings is 2. The summed E-state index contributed by atoms with van der Waals surface area (Å²) in [5.41, 5.74) is 0.678. The van der Waals surface area contributed by atoms with E-state index in [4.69, 9.17) is 11.6 Å². The van der Waals surface area contributed by atoms with Gasteiger partial charge in [-0.05, 0) is 36.8 Å². The second-order valence-corrected chi connectivity index (χ2v) is 4.48. The summed E-state index contributed by atoms with van der Waals surface area (Å²) >= 11 is 5.76. The highest BCUT2D eigenvalue weighted by molar-refractivity contribution is 6.31. The maximum atomic E-state index is 13.6. The Hall–Kier alpha value is -2.07. The van der Waals surface area contributed by atoms with Crippen molar-refractivity contribution in [2.45, 2.75) is 6.92 Å². The summed E-state index contributed by atoms with van der Waals surface area (Å²) in [6.45, 7) is 1.68. The predicted octanol–water partition coefficient (Wildman–Crippen LogP) is 3.75. The first kappa shape index (κ1) is 13.4. The molecule has 0 spiro atoms. The van der Waals surface area contributed by atoms with Gasteiger partial charge >= 0.3 is 0 Å². The Morgan fingerprint density at radius 1 is 1.32 bits per heavy atom. The van der Waals surface area contributed by atoms with E-state index in [1.54, 1.807) is 19.1 Å². The van der Waals surface area contributed by atoms with Crippen molar-refractivity contribution in [3.05, 3.63) is 58.4 Å². The molecule has 0 atom stereocenters. The number of hydrogen-bond acceptors (Lipinski definition) is 2. The Balaban J connectivity index is 2.34. The maximum absolute atomic E-state index is 13.6. The molecule has 0 saturated carbocycles. The van der Waals surface area contributed by atoms with Crippen molar-refractivity contribution < 1.29 is 14.3 Å². The average molecular weight is 280 g/mol. The number of para-hydroxylation sites is 1. The van der Waals surface area contributed by atoms with E-state index >= 15 is 0 Å². The molecule has 2 aromatic carbocycles. The first-order valence-corrected chi connectivity index (χ1v) is 5.92. The fourth-order valence-electron chi connectivity index (χ4n) is 1.66. The van der Waals surface area contributed by atoms with Crippen molar-refractivity contribution >= 4 is 23.2 Å². The van der Waals surface area contributed by atoms with Crippen molar-refractivity contribution in [3.63, 3.8) is 0 Å². The van der Waals surface area contributed by atoms with Crippen LogP contribution in [0.5, 0.6) is 5.75 Å². The molecule has 0 aliphatic rings. The van der Waals surface area contributed by atoms with Crippen LogP contribution in [-0.4, -0.2) is 11.0 Å². The van der Waals surface area contributed by atoms with Gasteiger partial charge in [0.1, 0.15) is 11.6 Å². The fraction of sp³-hybridized carbons (Fsp3) is 0.0714. The van der Waals surface area contributed by atoms with Crippen molar-refractivity contribution in [3.8, 4) is 5.75 Å². The van der Waals surface area contributed by atoms with Crippen LogP contribution in [0.3, 0.4) is 0 Å². The van der Waals surface area contributed by atoms with Gasteiger partial charge in [-0.1, -0.05) is 23.7 Å². The van der Waals surface area contributed by atoms with Gasteiger partial charge in [-0.2, -0.15) is 0 Å². The summed E-state index contributed by atoms with van der Waals surface area (Å²) in [4.78, 5) is 12.0. The average Bonchev–Trinajstić information content (AvgIpc) is 2.37. The molecule has 5 heteroatoms. The summed E-state index contributed by atoms with van der Waals surface area (Å²) in [5.74, 6) is -1.36. The van der Waals surface area contributed by atoms with Crippen LogP contribution in [0, 0.1) is 12.7 Å². The standard InChI is InChI=1S/C14H11ClFNO2/c1-8-3-2-4-11(16)13(8)17-14(19)10-7-9(15)5-6-12(10)18/h2-7,18H,1H3,(H,17,19). The fourth-order valence-corrected chi connectivity index (χ4v) is 1.83. The lowest BCUT2D eigenvalue weighted by Gasteiger charge is -2.10. The molecule has 2 N–H and O–H groups in total. The maximum Gasteiger partial charge on any atom is 0.259 e. The molecule has 1 amide bonds. The van der Waals surface area contributed by atoms with E-state index in [2.05, 4.69) is 5.32 Å². The zero-order chi connectivity index (χ0) is 14.0. The normalized spacial score (nSPS) is 10.3. The van der Waals surface area contributed by atoms with Crippen LogP contribution in [0.4, 0.5) is 10.1 Å². The minimum absolute atomic E-state index is 0.00449. The third kappa shape index (κ3) is 2.85. The number of carbonyl (C=O) groups is 1. The quantitative estimate of drug-likeness (QED) is 0.880. The highest BCUT2D eigenvalue weighted by Crippen LogP contribution is 2.24. The van der Waals surface area contributed by atoms with Crippen LogP contribution < -0.4 is 5.32 Å². The zero-order valence-electron chi connectivity index (χ0n) is 10.1. The summed E-state index contributed by atoms with van der Waals surface area (Å²) < 4.78 is 13.6. The molecular formula is C14H11ClFNO2. The monoisotopic (exact) mass is 279 g/mol. The highest BCUT2D eigenvalue weighted by Gasteiger charge is 2.15. The van der Waals surface area contributed by atoms with E-state index in [0.29, 0.717) is 10.6 Å². The van der Waals surface area contributed by atoms with Gasteiger partial charge in [-0.3, -0.25) is 4.79 Å². The second kappa shape index (κ2) is 5.28. The molecular weight excluding hydrogens is 269 g/mol. The van der Waals surface area contributed by atoms with Gasteiger partial charge in [0.05, 0.1) is 11.3 Å². The number of aromatic hydroxyl groups is 1. The Morgan fingerprint density at radius 3 is 2.74 bits per heavy atom. The molecule has 0 bridgehead atoms. The molecule has 2 rings (SSSR count). The summed E-state index contributed by atoms with van der Waals surface area (Å²) in [7, 11) is 0. The molecule has 0 fully saturated rings. The number of phenolic OH excluding ortho intramolecular Hbond substituents is 1. The van der Waals surface area contributed by atoms with Gasteiger partial charge in [0, 0.05) is 5.02 Å². The van der Waals surface area contributed by atoms with Crippen LogP contribution in [0.2, 0.25) is 5.02 Å². The number of phenols is 1. The van der Waals surface area contributed by atoms with Crippen LogP contribution >= 0.6 is 11.6 Å². The molecule has 0 saturated heterocycles. The van der Waals surface area contributed by atoms with Gasteiger partial charge in [0.25, 0.3) is 5.91 Å². The number of halogens is 2. The van der Waals surface area contributed by atoms with E-state index in [9.17, 15) is 14.3 Å². The molecule has 98 valence electrons. The summed E-state index contributed by atoms with van der Waals surface area (Å²) in [5, 5.41) is 12.4. The number of aryl methyl sites for hydroxylation is 1. The van der Waals surface area contributed by atoms with E-state index < -0.39 is 11.7 Å². The summed E-state index contributed by atoms with van der Waals surface area (Å²) in [6, 6.07) is 8.57. The topological polar surface area (TPSA) is 49.3 Å². The van der Waals surface area contributed by atoms with Crippen molar-refractivity contribution in [2.75, 3.05) is 5.32 Å². The first-order chi connectivity index (χ1) is 8.99. The molecule has 0 aromatic heterocycles. The van der Waals surface area contributed by atoms with Crippen molar-refractivity contribution in [1.82, 2.24) is 0 Å². The number of anilines is 1. The van der Waals surface area contributed by atoms with Crippen molar-refractivity contribution in [1.29, 1.82) is 0 Å².